The van der Waals surface area contributed by atoms with Crippen LogP contribution in [-0.4, -0.2) is 24.0 Å². The van der Waals surface area contributed by atoms with Gasteiger partial charge in [0.2, 0.25) is 0 Å². The van der Waals surface area contributed by atoms with Crippen molar-refractivity contribution in [3.63, 3.8) is 0 Å². The van der Waals surface area contributed by atoms with E-state index in [1.165, 1.54) is 50.4 Å². The number of carbonyl (C=O) groups excluding carboxylic acids is 1. The molecule has 0 saturated heterocycles. The van der Waals surface area contributed by atoms with Crippen molar-refractivity contribution in [2.24, 2.45) is 0 Å². The number of nitro groups is 1. The Morgan fingerprint density at radius 3 is 2.43 bits per heavy atom. The number of nitro benzene ring substituents is 1. The Hall–Kier alpha value is -3.94. The number of hydrogen-bond donors (Lipinski definition) is 1. The lowest BCUT2D eigenvalue weighted by molar-refractivity contribution is -0.384. The predicted octanol–water partition coefficient (Wildman–Crippen LogP) is 4.82. The SMILES string of the molecule is COc1ccc(-c2cc([N+](=O)[O-])ccc2O[C@@H](C)C(=O)Nc2ccccc2F)cc1. The normalized spacial score (nSPS) is 11.4. The molecule has 30 heavy (non-hydrogen) atoms. The average molecular weight is 410 g/mol. The quantitative estimate of drug-likeness (QED) is 0.446. The number of ether oxygens (including phenoxy) is 2. The maximum Gasteiger partial charge on any atom is 0.270 e. The molecule has 0 aliphatic rings. The Labute approximate surface area is 172 Å². The summed E-state index contributed by atoms with van der Waals surface area (Å²) in [6.07, 6.45) is -0.983. The number of carbonyl (C=O) groups is 1. The van der Waals surface area contributed by atoms with Crippen LogP contribution in [0, 0.1) is 15.9 Å². The Balaban J connectivity index is 1.87. The molecule has 3 aromatic carbocycles. The Morgan fingerprint density at radius 2 is 1.80 bits per heavy atom. The summed E-state index contributed by atoms with van der Waals surface area (Å²) >= 11 is 0. The van der Waals surface area contributed by atoms with Gasteiger partial charge in [0, 0.05) is 17.7 Å². The van der Waals surface area contributed by atoms with Gasteiger partial charge in [0.1, 0.15) is 17.3 Å². The van der Waals surface area contributed by atoms with Crippen LogP contribution in [0.1, 0.15) is 6.92 Å². The Kier molecular flexibility index (Phi) is 6.26. The molecule has 0 heterocycles. The van der Waals surface area contributed by atoms with Gasteiger partial charge in [-0.05, 0) is 42.8 Å². The number of rotatable bonds is 7. The summed E-state index contributed by atoms with van der Waals surface area (Å²) in [6.45, 7) is 1.51. The summed E-state index contributed by atoms with van der Waals surface area (Å²) < 4.78 is 24.7. The van der Waals surface area contributed by atoms with E-state index in [4.69, 9.17) is 9.47 Å². The topological polar surface area (TPSA) is 90.7 Å². The first-order valence-corrected chi connectivity index (χ1v) is 9.04. The van der Waals surface area contributed by atoms with Gasteiger partial charge < -0.3 is 14.8 Å². The zero-order valence-corrected chi connectivity index (χ0v) is 16.3. The molecule has 0 aliphatic heterocycles. The van der Waals surface area contributed by atoms with Crippen LogP contribution in [0.5, 0.6) is 11.5 Å². The average Bonchev–Trinajstić information content (AvgIpc) is 2.75. The maximum absolute atomic E-state index is 13.8. The van der Waals surface area contributed by atoms with Crippen LogP contribution >= 0.6 is 0 Å². The molecule has 3 rings (SSSR count). The minimum atomic E-state index is -0.983. The number of halogens is 1. The molecule has 7 nitrogen and oxygen atoms in total. The Bertz CT molecular complexity index is 1070. The molecule has 8 heteroatoms. The second kappa shape index (κ2) is 9.04. The van der Waals surface area contributed by atoms with Gasteiger partial charge >= 0.3 is 0 Å². The molecule has 1 atom stereocenters. The van der Waals surface area contributed by atoms with Crippen LogP contribution in [0.2, 0.25) is 0 Å². The van der Waals surface area contributed by atoms with Gasteiger partial charge in [0.15, 0.2) is 6.10 Å². The standard InChI is InChI=1S/C22H19FN2O5/c1-14(22(26)24-20-6-4-3-5-19(20)23)30-21-12-9-16(25(27)28)13-18(21)15-7-10-17(29-2)11-8-15/h3-14H,1-2H3,(H,24,26)/t14-/m0/s1. The highest BCUT2D eigenvalue weighted by Crippen LogP contribution is 2.35. The minimum Gasteiger partial charge on any atom is -0.497 e. The highest BCUT2D eigenvalue weighted by atomic mass is 19.1. The highest BCUT2D eigenvalue weighted by Gasteiger charge is 2.20. The largest absolute Gasteiger partial charge is 0.497 e. The molecule has 0 bridgehead atoms. The lowest BCUT2D eigenvalue weighted by Gasteiger charge is -2.18. The lowest BCUT2D eigenvalue weighted by atomic mass is 10.0. The fourth-order valence-corrected chi connectivity index (χ4v) is 2.77. The molecule has 1 amide bonds. The Morgan fingerprint density at radius 1 is 1.10 bits per heavy atom. The fourth-order valence-electron chi connectivity index (χ4n) is 2.77. The first kappa shape index (κ1) is 20.8. The van der Waals surface area contributed by atoms with E-state index in [9.17, 15) is 19.3 Å². The molecule has 154 valence electrons. The van der Waals surface area contributed by atoms with Gasteiger partial charge in [-0.25, -0.2) is 4.39 Å². The summed E-state index contributed by atoms with van der Waals surface area (Å²) in [5.74, 6) is -0.210. The molecular formula is C22H19FN2O5. The zero-order valence-electron chi connectivity index (χ0n) is 16.3. The number of hydrogen-bond acceptors (Lipinski definition) is 5. The van der Waals surface area contributed by atoms with E-state index in [1.54, 1.807) is 30.3 Å². The third-order valence-electron chi connectivity index (χ3n) is 4.38. The number of nitrogens with zero attached hydrogens (tertiary/aromatic N) is 1. The van der Waals surface area contributed by atoms with Crippen molar-refractivity contribution in [2.45, 2.75) is 13.0 Å². The number of benzene rings is 3. The van der Waals surface area contributed by atoms with E-state index < -0.39 is 22.8 Å². The van der Waals surface area contributed by atoms with Crippen LogP contribution in [0.15, 0.2) is 66.7 Å². The summed E-state index contributed by atoms with van der Waals surface area (Å²) in [6, 6.07) is 16.8. The van der Waals surface area contributed by atoms with Gasteiger partial charge in [-0.3, -0.25) is 14.9 Å². The van der Waals surface area contributed by atoms with Gasteiger partial charge in [-0.15, -0.1) is 0 Å². The minimum absolute atomic E-state index is 0.0389. The van der Waals surface area contributed by atoms with Crippen molar-refractivity contribution in [3.05, 3.63) is 82.7 Å². The van der Waals surface area contributed by atoms with Crippen LogP contribution < -0.4 is 14.8 Å². The molecule has 0 unspecified atom stereocenters. The van der Waals surface area contributed by atoms with Crippen molar-refractivity contribution in [3.8, 4) is 22.6 Å². The third-order valence-corrected chi connectivity index (χ3v) is 4.38. The molecule has 0 fully saturated rings. The van der Waals surface area contributed by atoms with Crippen molar-refractivity contribution in [1.82, 2.24) is 0 Å². The van der Waals surface area contributed by atoms with E-state index in [0.29, 0.717) is 16.9 Å². The summed E-state index contributed by atoms with van der Waals surface area (Å²) in [4.78, 5) is 23.1. The molecule has 0 spiro atoms. The summed E-state index contributed by atoms with van der Waals surface area (Å²) in [7, 11) is 1.53. The van der Waals surface area contributed by atoms with Crippen LogP contribution in [0.4, 0.5) is 15.8 Å². The number of non-ortho nitro benzene ring substituents is 1. The first-order valence-electron chi connectivity index (χ1n) is 9.04. The van der Waals surface area contributed by atoms with Gasteiger partial charge in [0.05, 0.1) is 17.7 Å². The second-order valence-corrected chi connectivity index (χ2v) is 6.40. The number of nitrogens with one attached hydrogen (secondary N) is 1. The summed E-state index contributed by atoms with van der Waals surface area (Å²) in [5, 5.41) is 13.7. The number of methoxy groups -OCH3 is 1. The smallest absolute Gasteiger partial charge is 0.270 e. The second-order valence-electron chi connectivity index (χ2n) is 6.40. The maximum atomic E-state index is 13.8. The van der Waals surface area contributed by atoms with Gasteiger partial charge in [-0.1, -0.05) is 24.3 Å². The molecule has 0 aliphatic carbocycles. The van der Waals surface area contributed by atoms with Gasteiger partial charge in [-0.2, -0.15) is 0 Å². The van der Waals surface area contributed by atoms with Crippen molar-refractivity contribution in [2.75, 3.05) is 12.4 Å². The van der Waals surface area contributed by atoms with Crippen LogP contribution in [-0.2, 0) is 4.79 Å². The van der Waals surface area contributed by atoms with Crippen molar-refractivity contribution >= 4 is 17.3 Å². The fraction of sp³-hybridized carbons (Fsp3) is 0.136. The molecule has 0 radical (unpaired) electrons. The van der Waals surface area contributed by atoms with Gasteiger partial charge in [0.25, 0.3) is 11.6 Å². The van der Waals surface area contributed by atoms with Crippen LogP contribution in [0.3, 0.4) is 0 Å². The molecule has 0 saturated carbocycles. The zero-order chi connectivity index (χ0) is 21.7. The van der Waals surface area contributed by atoms with Crippen molar-refractivity contribution in [1.29, 1.82) is 0 Å². The van der Waals surface area contributed by atoms with Crippen LogP contribution in [0.25, 0.3) is 11.1 Å². The highest BCUT2D eigenvalue weighted by molar-refractivity contribution is 5.94. The van der Waals surface area contributed by atoms with E-state index in [1.807, 2.05) is 0 Å². The van der Waals surface area contributed by atoms with E-state index in [2.05, 4.69) is 5.32 Å². The van der Waals surface area contributed by atoms with Crippen molar-refractivity contribution < 1.29 is 23.6 Å². The van der Waals surface area contributed by atoms with E-state index >= 15 is 0 Å². The number of anilines is 1. The number of para-hydroxylation sites is 1. The summed E-state index contributed by atoms with van der Waals surface area (Å²) in [5.41, 5.74) is 1.02. The lowest BCUT2D eigenvalue weighted by Crippen LogP contribution is -2.30. The molecule has 3 aromatic rings. The van der Waals surface area contributed by atoms with E-state index in [-0.39, 0.29) is 17.1 Å². The first-order chi connectivity index (χ1) is 14.4. The predicted molar refractivity (Wildman–Crippen MR) is 110 cm³/mol. The molecule has 1 N–H and O–H groups in total. The molecule has 0 aromatic heterocycles. The third kappa shape index (κ3) is 4.72. The number of amides is 1. The van der Waals surface area contributed by atoms with E-state index in [0.717, 1.165) is 0 Å². The molecular weight excluding hydrogens is 391 g/mol. The monoisotopic (exact) mass is 410 g/mol.